The van der Waals surface area contributed by atoms with Crippen LogP contribution < -0.4 is 41.2 Å². The van der Waals surface area contributed by atoms with Crippen molar-refractivity contribution in [3.05, 3.63) is 165 Å². The molecule has 6 heterocycles. The third-order valence-electron chi connectivity index (χ3n) is 9.61. The van der Waals surface area contributed by atoms with Gasteiger partial charge in [-0.1, -0.05) is 24.3 Å². The maximum Gasteiger partial charge on any atom is 0.369 e. The average Bonchev–Trinajstić information content (AvgIpc) is 4.01. The lowest BCUT2D eigenvalue weighted by Gasteiger charge is -2.10. The number of aromatic nitrogens is 6. The summed E-state index contributed by atoms with van der Waals surface area (Å²) in [5.74, 6) is 0.683. The molecule has 0 spiro atoms. The summed E-state index contributed by atoms with van der Waals surface area (Å²) in [4.78, 5) is 86.2. The lowest BCUT2D eigenvalue weighted by molar-refractivity contribution is 0.0943. The van der Waals surface area contributed by atoms with Crippen LogP contribution in [0.3, 0.4) is 0 Å². The van der Waals surface area contributed by atoms with E-state index in [2.05, 4.69) is 98.4 Å². The number of hydrogen-bond donors (Lipinski definition) is 5. The highest BCUT2D eigenvalue weighted by molar-refractivity contribution is 9.69. The first kappa shape index (κ1) is 53.3. The van der Waals surface area contributed by atoms with Gasteiger partial charge in [0.15, 0.2) is 11.5 Å². The molecule has 0 aliphatic carbocycles. The van der Waals surface area contributed by atoms with Crippen LogP contribution in [-0.4, -0.2) is 69.2 Å². The number of amides is 4. The second-order valence-corrected chi connectivity index (χ2v) is 23.7. The minimum absolute atomic E-state index is 0.194. The molecule has 0 atom stereocenters. The summed E-state index contributed by atoms with van der Waals surface area (Å²) in [5.41, 5.74) is 3.52. The number of anilines is 2. The number of carbonyl (C=O) groups excluding carboxylic acids is 4. The van der Waals surface area contributed by atoms with Crippen LogP contribution in [0.15, 0.2) is 127 Å². The molecule has 0 unspecified atom stereocenters. The number of halogens is 5. The zero-order valence-electron chi connectivity index (χ0n) is 37.0. The van der Waals surface area contributed by atoms with Gasteiger partial charge in [0.1, 0.15) is 21.5 Å². The summed E-state index contributed by atoms with van der Waals surface area (Å²) in [5, 5.41) is 12.9. The number of hydrogen-bond acceptors (Lipinski definition) is 15. The third-order valence-corrected chi connectivity index (χ3v) is 11.7. The van der Waals surface area contributed by atoms with E-state index in [1.54, 1.807) is 116 Å². The number of fused-ring (bicyclic) bond motifs is 4. The first-order chi connectivity index (χ1) is 34.8. The van der Waals surface area contributed by atoms with Gasteiger partial charge in [0, 0.05) is 69.2 Å². The van der Waals surface area contributed by atoms with E-state index in [-0.39, 0.29) is 44.7 Å². The monoisotopic (exact) mass is 1240 g/mol. The quantitative estimate of drug-likeness (QED) is 0.0668. The van der Waals surface area contributed by atoms with Gasteiger partial charge in [-0.3, -0.25) is 19.2 Å². The van der Waals surface area contributed by atoms with Crippen LogP contribution >= 0.6 is 93.1 Å². The summed E-state index contributed by atoms with van der Waals surface area (Å²) >= 11 is 21.7. The fourth-order valence-corrected chi connectivity index (χ4v) is 8.05. The topological polar surface area (TPSA) is 241 Å². The minimum Gasteiger partial charge on any atom is -0.467 e. The van der Waals surface area contributed by atoms with Crippen LogP contribution in [0.2, 0.25) is 0 Å². The summed E-state index contributed by atoms with van der Waals surface area (Å²) in [6.07, 6.45) is 9.63. The lowest BCUT2D eigenvalue weighted by atomic mass is 10.1. The van der Waals surface area contributed by atoms with E-state index in [0.29, 0.717) is 73.7 Å². The fourth-order valence-electron chi connectivity index (χ4n) is 6.39. The van der Waals surface area contributed by atoms with Crippen molar-refractivity contribution in [3.8, 4) is 50.2 Å². The molecule has 0 fully saturated rings. The Bertz CT molecular complexity index is 3280. The molecule has 4 aromatic carbocycles. The zero-order valence-corrected chi connectivity index (χ0v) is 44.9. The number of rotatable bonds is 9. The molecule has 18 nitrogen and oxygen atoms in total. The molecule has 26 heteroatoms. The highest BCUT2D eigenvalue weighted by Gasteiger charge is 2.23. The molecule has 0 radical (unpaired) electrons. The molecule has 10 rings (SSSR count). The smallest absolute Gasteiger partial charge is 0.369 e. The lowest BCUT2D eigenvalue weighted by Crippen LogP contribution is -2.22. The van der Waals surface area contributed by atoms with E-state index < -0.39 is 5.69 Å². The number of methoxy groups -OCH3 is 1. The van der Waals surface area contributed by atoms with Crippen LogP contribution in [0.5, 0.6) is 29.0 Å². The Morgan fingerprint density at radius 1 is 0.639 bits per heavy atom. The van der Waals surface area contributed by atoms with Crippen LogP contribution in [0.4, 0.5) is 11.4 Å². The van der Waals surface area contributed by atoms with E-state index in [1.165, 1.54) is 36.0 Å². The Morgan fingerprint density at radius 2 is 1.08 bits per heavy atom. The van der Waals surface area contributed by atoms with Crippen molar-refractivity contribution in [1.29, 1.82) is 0 Å². The van der Waals surface area contributed by atoms with Gasteiger partial charge in [0.05, 0.1) is 48.0 Å². The minimum atomic E-state index is -0.427. The molecule has 4 aromatic heterocycles. The normalized spacial score (nSPS) is 11.5. The Morgan fingerprint density at radius 3 is 1.53 bits per heavy atom. The van der Waals surface area contributed by atoms with E-state index in [4.69, 9.17) is 37.4 Å². The molecule has 366 valence electrons. The Labute approximate surface area is 452 Å². The zero-order chi connectivity index (χ0) is 51.1. The SMILES string of the molecule is BrB(Br)Br.COc1ncc(-c2ncc(CNC(=O)c3ccc4c(c3)NC(=O)c3ccccc3O4)s2)cn1.ClCCl.O=C(NCc1cnc(-c2cnc(=O)[nH]c2)s1)c1ccc2c(c1)NC(=O)c1ccccc1O2. The van der Waals surface area contributed by atoms with Crippen LogP contribution in [-0.2, 0) is 13.1 Å². The van der Waals surface area contributed by atoms with E-state index in [0.717, 1.165) is 20.3 Å². The molecular formula is C46H34BBr3Cl2N10O8S2. The van der Waals surface area contributed by atoms with Crippen molar-refractivity contribution in [2.24, 2.45) is 0 Å². The molecule has 0 bridgehead atoms. The van der Waals surface area contributed by atoms with Crippen LogP contribution in [0.1, 0.15) is 51.2 Å². The van der Waals surface area contributed by atoms with Gasteiger partial charge >= 0.3 is 14.9 Å². The number of carbonyl (C=O) groups is 4. The Hall–Kier alpha value is -6.54. The van der Waals surface area contributed by atoms with Crippen molar-refractivity contribution >= 4 is 131 Å². The number of para-hydroxylation sites is 2. The van der Waals surface area contributed by atoms with Crippen molar-refractivity contribution in [2.75, 3.05) is 23.1 Å². The number of benzene rings is 4. The number of thiazole rings is 2. The molecule has 8 aromatic rings. The molecular weight excluding hydrogens is 1210 g/mol. The van der Waals surface area contributed by atoms with E-state index in [1.807, 2.05) is 0 Å². The molecule has 2 aliphatic heterocycles. The highest BCUT2D eigenvalue weighted by atomic mass is 79.9. The Balaban J connectivity index is 0.000000187. The highest BCUT2D eigenvalue weighted by Crippen LogP contribution is 2.38. The van der Waals surface area contributed by atoms with E-state index in [9.17, 15) is 24.0 Å². The molecule has 0 saturated carbocycles. The van der Waals surface area contributed by atoms with Gasteiger partial charge < -0.3 is 40.5 Å². The Kier molecular flexibility index (Phi) is 19.0. The first-order valence-corrected chi connectivity index (χ1v) is 26.1. The molecule has 72 heavy (non-hydrogen) atoms. The van der Waals surface area contributed by atoms with Gasteiger partial charge in [-0.25, -0.2) is 29.7 Å². The number of H-pyrrole nitrogens is 1. The van der Waals surface area contributed by atoms with Crippen LogP contribution in [0, 0.1) is 0 Å². The number of ether oxygens (including phenoxy) is 3. The summed E-state index contributed by atoms with van der Waals surface area (Å²) in [6.45, 7) is 0.581. The third kappa shape index (κ3) is 14.3. The molecule has 2 aliphatic rings. The maximum atomic E-state index is 12.7. The van der Waals surface area contributed by atoms with Crippen molar-refractivity contribution in [3.63, 3.8) is 0 Å². The second kappa shape index (κ2) is 25.7. The summed E-state index contributed by atoms with van der Waals surface area (Å²) in [6, 6.07) is 24.0. The van der Waals surface area contributed by atoms with Gasteiger partial charge in [-0.2, -0.15) is 0 Å². The number of aromatic amines is 1. The average molecular weight is 1240 g/mol. The molecule has 0 saturated heterocycles. The first-order valence-electron chi connectivity index (χ1n) is 20.7. The molecule has 4 amide bonds. The van der Waals surface area contributed by atoms with Crippen molar-refractivity contribution in [1.82, 2.24) is 40.5 Å². The van der Waals surface area contributed by atoms with Crippen molar-refractivity contribution in [2.45, 2.75) is 13.1 Å². The second-order valence-electron chi connectivity index (χ2n) is 14.3. The predicted molar refractivity (Wildman–Crippen MR) is 289 cm³/mol. The van der Waals surface area contributed by atoms with E-state index >= 15 is 0 Å². The fraction of sp³-hybridized carbons (Fsp3) is 0.0870. The maximum absolute atomic E-state index is 12.7. The summed E-state index contributed by atoms with van der Waals surface area (Å²) in [7, 11) is 1.50. The van der Waals surface area contributed by atoms with Gasteiger partial charge in [0.25, 0.3) is 23.6 Å². The van der Waals surface area contributed by atoms with Crippen molar-refractivity contribution < 1.29 is 33.4 Å². The van der Waals surface area contributed by atoms with Gasteiger partial charge in [0.2, 0.25) is 0 Å². The van der Waals surface area contributed by atoms with Crippen LogP contribution in [0.25, 0.3) is 21.1 Å². The number of nitrogens with zero attached hydrogens (tertiary/aromatic N) is 5. The number of alkyl halides is 2. The largest absolute Gasteiger partial charge is 0.467 e. The predicted octanol–water partition coefficient (Wildman–Crippen LogP) is 10.7. The standard InChI is InChI=1S/C23H17N5O4S.C22H15N5O4S.CH2Cl2.BBr3/c1-31-23-26-9-14(10-27-23)22-25-12-15(33-22)11-24-20(29)13-6-7-19-17(8-13)28-21(30)16-4-2-3-5-18(16)32-19;28-19(23-10-14-11-24-21(32-14)13-8-25-22(30)26-9-13)12-5-6-18-16(7-12)27-20(29)15-3-1-2-4-17(15)31-18;2-1-3;2-1(3)4/h2-10,12H,11H2,1H3,(H,24,29)(H,28,30);1-9,11H,10H2,(H,23,28)(H,27,29)(H,25,26,30);1H2;. The summed E-state index contributed by atoms with van der Waals surface area (Å²) < 4.78 is 16.9. The number of nitrogens with one attached hydrogen (secondary N) is 5. The molecule has 5 N–H and O–H groups in total. The van der Waals surface area contributed by atoms with Gasteiger partial charge in [-0.05, 0) is 60.7 Å². The van der Waals surface area contributed by atoms with Gasteiger partial charge in [-0.15, -0.1) is 93.1 Å².